The highest BCUT2D eigenvalue weighted by atomic mass is 35.5. The van der Waals surface area contributed by atoms with Crippen molar-refractivity contribution < 1.29 is 0 Å². The molecule has 0 aliphatic heterocycles. The molecule has 2 aromatic rings. The summed E-state index contributed by atoms with van der Waals surface area (Å²) in [4.78, 5) is 5.46. The van der Waals surface area contributed by atoms with Crippen LogP contribution in [0.1, 0.15) is 18.2 Å². The fraction of sp³-hybridized carbons (Fsp3) is 0.400. The number of nitrogens with one attached hydrogen (secondary N) is 1. The van der Waals surface area contributed by atoms with Gasteiger partial charge in [-0.15, -0.1) is 11.3 Å². The normalized spacial score (nSPS) is 10.6. The van der Waals surface area contributed by atoms with Gasteiger partial charge >= 0.3 is 0 Å². The molecule has 0 fully saturated rings. The van der Waals surface area contributed by atoms with E-state index in [0.717, 1.165) is 24.6 Å². The summed E-state index contributed by atoms with van der Waals surface area (Å²) >= 11 is 7.44. The molecular formula is C10H13ClN4S. The van der Waals surface area contributed by atoms with E-state index in [4.69, 9.17) is 11.6 Å². The Morgan fingerprint density at radius 1 is 1.50 bits per heavy atom. The molecule has 0 unspecified atom stereocenters. The fourth-order valence-electron chi connectivity index (χ4n) is 1.28. The lowest BCUT2D eigenvalue weighted by Crippen LogP contribution is -1.98. The quantitative estimate of drug-likeness (QED) is 0.895. The molecule has 16 heavy (non-hydrogen) atoms. The van der Waals surface area contributed by atoms with Crippen molar-refractivity contribution in [2.75, 3.05) is 11.9 Å². The summed E-state index contributed by atoms with van der Waals surface area (Å²) in [5.74, 6) is 0. The summed E-state index contributed by atoms with van der Waals surface area (Å²) in [6, 6.07) is 0. The molecule has 2 heterocycles. The molecule has 0 spiro atoms. The van der Waals surface area contributed by atoms with Crippen LogP contribution >= 0.6 is 22.9 Å². The highest BCUT2D eigenvalue weighted by Gasteiger charge is 2.03. The minimum absolute atomic E-state index is 0.661. The average molecular weight is 257 g/mol. The second kappa shape index (κ2) is 5.32. The van der Waals surface area contributed by atoms with Gasteiger partial charge in [-0.3, -0.25) is 4.68 Å². The summed E-state index contributed by atoms with van der Waals surface area (Å²) in [7, 11) is 0. The molecular weight excluding hydrogens is 244 g/mol. The smallest absolute Gasteiger partial charge is 0.182 e. The Balaban J connectivity index is 1.97. The van der Waals surface area contributed by atoms with Gasteiger partial charge < -0.3 is 5.32 Å². The Morgan fingerprint density at radius 3 is 3.06 bits per heavy atom. The van der Waals surface area contributed by atoms with Crippen molar-refractivity contribution in [2.45, 2.75) is 19.9 Å². The number of hydrogen-bond donors (Lipinski definition) is 1. The van der Waals surface area contributed by atoms with Gasteiger partial charge in [0.15, 0.2) is 5.13 Å². The van der Waals surface area contributed by atoms with Crippen LogP contribution < -0.4 is 5.32 Å². The Labute approximate surface area is 103 Å². The zero-order valence-corrected chi connectivity index (χ0v) is 10.6. The third-order valence-corrected chi connectivity index (χ3v) is 3.13. The molecule has 0 aliphatic carbocycles. The van der Waals surface area contributed by atoms with Gasteiger partial charge in [0.1, 0.15) is 0 Å². The van der Waals surface area contributed by atoms with Crippen molar-refractivity contribution in [1.82, 2.24) is 14.8 Å². The Hall–Kier alpha value is -1.07. The molecule has 0 radical (unpaired) electrons. The topological polar surface area (TPSA) is 42.7 Å². The maximum atomic E-state index is 5.79. The first-order chi connectivity index (χ1) is 7.78. The summed E-state index contributed by atoms with van der Waals surface area (Å²) < 4.78 is 1.81. The van der Waals surface area contributed by atoms with Crippen LogP contribution in [0.3, 0.4) is 0 Å². The number of nitrogens with zero attached hydrogens (tertiary/aromatic N) is 3. The number of rotatable bonds is 5. The minimum atomic E-state index is 0.661. The molecule has 0 saturated heterocycles. The number of hydrogen-bond acceptors (Lipinski definition) is 4. The lowest BCUT2D eigenvalue weighted by Gasteiger charge is -1.97. The predicted molar refractivity (Wildman–Crippen MR) is 67.2 cm³/mol. The zero-order valence-electron chi connectivity index (χ0n) is 8.98. The lowest BCUT2D eigenvalue weighted by atomic mass is 10.5. The molecule has 0 aromatic carbocycles. The van der Waals surface area contributed by atoms with E-state index in [2.05, 4.69) is 22.3 Å². The lowest BCUT2D eigenvalue weighted by molar-refractivity contribution is 0.694. The van der Waals surface area contributed by atoms with Gasteiger partial charge in [0.05, 0.1) is 17.8 Å². The van der Waals surface area contributed by atoms with Crippen molar-refractivity contribution >= 4 is 28.1 Å². The van der Waals surface area contributed by atoms with Gasteiger partial charge in [-0.2, -0.15) is 5.10 Å². The largest absolute Gasteiger partial charge is 0.362 e. The first-order valence-corrected chi connectivity index (χ1v) is 6.34. The standard InChI is InChI=1S/C10H13ClN4S/c1-2-3-12-10-13-5-9(16-10)7-15-6-8(11)4-14-15/h4-6H,2-3,7H2,1H3,(H,12,13). The number of anilines is 1. The summed E-state index contributed by atoms with van der Waals surface area (Å²) in [5.41, 5.74) is 0. The van der Waals surface area contributed by atoms with E-state index in [0.29, 0.717) is 5.02 Å². The Bertz CT molecular complexity index is 451. The number of thiazole rings is 1. The SMILES string of the molecule is CCCNc1ncc(Cn2cc(Cl)cn2)s1. The second-order valence-electron chi connectivity index (χ2n) is 3.41. The number of halogens is 1. The van der Waals surface area contributed by atoms with E-state index in [-0.39, 0.29) is 0 Å². The summed E-state index contributed by atoms with van der Waals surface area (Å²) in [6.45, 7) is 3.81. The zero-order chi connectivity index (χ0) is 11.4. The van der Waals surface area contributed by atoms with E-state index < -0.39 is 0 Å². The van der Waals surface area contributed by atoms with E-state index in [1.807, 2.05) is 6.20 Å². The van der Waals surface area contributed by atoms with Crippen LogP contribution in [0.25, 0.3) is 0 Å². The molecule has 0 amide bonds. The van der Waals surface area contributed by atoms with Crippen LogP contribution in [-0.2, 0) is 6.54 Å². The van der Waals surface area contributed by atoms with Gasteiger partial charge in [0.25, 0.3) is 0 Å². The van der Waals surface area contributed by atoms with Crippen LogP contribution in [0.15, 0.2) is 18.6 Å². The molecule has 2 aromatic heterocycles. The van der Waals surface area contributed by atoms with Gasteiger partial charge in [0, 0.05) is 23.8 Å². The van der Waals surface area contributed by atoms with Crippen molar-refractivity contribution in [1.29, 1.82) is 0 Å². The van der Waals surface area contributed by atoms with Crippen molar-refractivity contribution in [3.8, 4) is 0 Å². The summed E-state index contributed by atoms with van der Waals surface area (Å²) in [5, 5.41) is 9.01. The third-order valence-electron chi connectivity index (χ3n) is 2.00. The fourth-order valence-corrected chi connectivity index (χ4v) is 2.27. The molecule has 6 heteroatoms. The van der Waals surface area contributed by atoms with Crippen LogP contribution in [0, 0.1) is 0 Å². The van der Waals surface area contributed by atoms with E-state index in [1.165, 1.54) is 4.88 Å². The van der Waals surface area contributed by atoms with Gasteiger partial charge in [0.2, 0.25) is 0 Å². The average Bonchev–Trinajstić information content (AvgIpc) is 2.86. The van der Waals surface area contributed by atoms with Crippen molar-refractivity contribution in [3.05, 3.63) is 28.5 Å². The maximum absolute atomic E-state index is 5.79. The first kappa shape index (κ1) is 11.4. The molecule has 0 bridgehead atoms. The monoisotopic (exact) mass is 256 g/mol. The maximum Gasteiger partial charge on any atom is 0.182 e. The van der Waals surface area contributed by atoms with Gasteiger partial charge in [-0.1, -0.05) is 18.5 Å². The predicted octanol–water partition coefficient (Wildman–Crippen LogP) is 2.86. The first-order valence-electron chi connectivity index (χ1n) is 5.14. The van der Waals surface area contributed by atoms with Crippen molar-refractivity contribution in [3.63, 3.8) is 0 Å². The van der Waals surface area contributed by atoms with E-state index in [1.54, 1.807) is 28.4 Å². The molecule has 1 N–H and O–H groups in total. The van der Waals surface area contributed by atoms with E-state index in [9.17, 15) is 0 Å². The molecule has 4 nitrogen and oxygen atoms in total. The van der Waals surface area contributed by atoms with E-state index >= 15 is 0 Å². The highest BCUT2D eigenvalue weighted by molar-refractivity contribution is 7.15. The number of aromatic nitrogens is 3. The van der Waals surface area contributed by atoms with Gasteiger partial charge in [-0.25, -0.2) is 4.98 Å². The molecule has 0 atom stereocenters. The molecule has 0 aliphatic rings. The van der Waals surface area contributed by atoms with Crippen LogP contribution in [-0.4, -0.2) is 21.3 Å². The minimum Gasteiger partial charge on any atom is -0.362 e. The molecule has 0 saturated carbocycles. The Kier molecular flexibility index (Phi) is 3.79. The van der Waals surface area contributed by atoms with Crippen LogP contribution in [0.4, 0.5) is 5.13 Å². The highest BCUT2D eigenvalue weighted by Crippen LogP contribution is 2.19. The van der Waals surface area contributed by atoms with Crippen molar-refractivity contribution in [2.24, 2.45) is 0 Å². The van der Waals surface area contributed by atoms with Crippen LogP contribution in [0.2, 0.25) is 5.02 Å². The van der Waals surface area contributed by atoms with Crippen LogP contribution in [0.5, 0.6) is 0 Å². The van der Waals surface area contributed by atoms with Gasteiger partial charge in [-0.05, 0) is 6.42 Å². The molecule has 2 rings (SSSR count). The Morgan fingerprint density at radius 2 is 2.38 bits per heavy atom. The second-order valence-corrected chi connectivity index (χ2v) is 4.97. The third kappa shape index (κ3) is 2.96. The molecule has 86 valence electrons. The summed E-state index contributed by atoms with van der Waals surface area (Å²) in [6.07, 6.45) is 6.42.